The molecule has 0 spiro atoms. The summed E-state index contributed by atoms with van der Waals surface area (Å²) in [4.78, 5) is 45.1. The molecule has 4 N–H and O–H groups in total. The Morgan fingerprint density at radius 3 is 2.78 bits per heavy atom. The van der Waals surface area contributed by atoms with Crippen LogP contribution in [0.4, 0.5) is 0 Å². The van der Waals surface area contributed by atoms with Crippen LogP contribution in [0.15, 0.2) is 24.4 Å². The lowest BCUT2D eigenvalue weighted by Crippen LogP contribution is -2.51. The molecule has 1 fully saturated rings. The third-order valence-electron chi connectivity index (χ3n) is 5.47. The number of carbonyl (C=O) groups is 3. The van der Waals surface area contributed by atoms with Gasteiger partial charge in [-0.15, -0.1) is 0 Å². The summed E-state index contributed by atoms with van der Waals surface area (Å²) in [5.74, 6) is -1.25. The zero-order chi connectivity index (χ0) is 23.3. The molecule has 3 rings (SSSR count). The lowest BCUT2D eigenvalue weighted by molar-refractivity contribution is -0.128. The van der Waals surface area contributed by atoms with Gasteiger partial charge in [-0.2, -0.15) is 5.26 Å². The fourth-order valence-corrected chi connectivity index (χ4v) is 3.90. The maximum Gasteiger partial charge on any atom is 0.268 e. The maximum atomic E-state index is 13.1. The molecule has 0 unspecified atom stereocenters. The number of nitrogens with one attached hydrogen (secondary N) is 4. The zero-order valence-corrected chi connectivity index (χ0v) is 18.7. The summed E-state index contributed by atoms with van der Waals surface area (Å²) in [6, 6.07) is 5.74. The highest BCUT2D eigenvalue weighted by Gasteiger charge is 2.31. The third-order valence-corrected chi connectivity index (χ3v) is 5.47. The van der Waals surface area contributed by atoms with E-state index in [1.807, 2.05) is 26.8 Å². The van der Waals surface area contributed by atoms with Gasteiger partial charge in [-0.3, -0.25) is 14.4 Å². The van der Waals surface area contributed by atoms with Crippen molar-refractivity contribution in [3.8, 4) is 6.07 Å². The Hall–Kier alpha value is -3.41. The predicted molar refractivity (Wildman–Crippen MR) is 119 cm³/mol. The van der Waals surface area contributed by atoms with Gasteiger partial charge in [0.1, 0.15) is 23.4 Å². The van der Waals surface area contributed by atoms with Gasteiger partial charge >= 0.3 is 0 Å². The second kappa shape index (κ2) is 9.81. The number of rotatable bonds is 7. The molecule has 1 aliphatic heterocycles. The van der Waals surface area contributed by atoms with Crippen molar-refractivity contribution in [2.75, 3.05) is 6.54 Å². The normalized spacial score (nSPS) is 18.3. The highest BCUT2D eigenvalue weighted by molar-refractivity contribution is 5.99. The molecule has 170 valence electrons. The van der Waals surface area contributed by atoms with E-state index in [0.717, 1.165) is 11.8 Å². The number of pyridine rings is 1. The number of piperidine rings is 1. The minimum Gasteiger partial charge on any atom is -0.356 e. The van der Waals surface area contributed by atoms with Crippen LogP contribution in [0.5, 0.6) is 0 Å². The van der Waals surface area contributed by atoms with E-state index in [0.29, 0.717) is 30.7 Å². The molecule has 9 nitrogen and oxygen atoms in total. The molecule has 9 heteroatoms. The van der Waals surface area contributed by atoms with Crippen molar-refractivity contribution in [2.24, 2.45) is 11.3 Å². The van der Waals surface area contributed by atoms with Gasteiger partial charge in [0.2, 0.25) is 11.8 Å². The average molecular weight is 439 g/mol. The van der Waals surface area contributed by atoms with E-state index >= 15 is 0 Å². The molecular weight excluding hydrogens is 408 g/mol. The third kappa shape index (κ3) is 6.06. The molecule has 2 aromatic rings. The second-order valence-corrected chi connectivity index (χ2v) is 9.47. The molecule has 0 radical (unpaired) electrons. The lowest BCUT2D eigenvalue weighted by Gasteiger charge is -2.28. The van der Waals surface area contributed by atoms with Gasteiger partial charge in [0.25, 0.3) is 5.91 Å². The summed E-state index contributed by atoms with van der Waals surface area (Å²) in [5.41, 5.74) is 0.647. The van der Waals surface area contributed by atoms with Crippen molar-refractivity contribution in [3.63, 3.8) is 0 Å². The second-order valence-electron chi connectivity index (χ2n) is 9.47. The van der Waals surface area contributed by atoms with Crippen LogP contribution >= 0.6 is 0 Å². The molecular formula is C23H30N6O3. The van der Waals surface area contributed by atoms with Crippen LogP contribution in [0.25, 0.3) is 11.0 Å². The SMILES string of the molecule is CC(C)(C)C[C@H](NC(=O)c1cc2cccnc2[nH]1)C(=O)N[C@H](C#N)C[C@@H]1CCCNC1=O. The Morgan fingerprint density at radius 2 is 2.12 bits per heavy atom. The van der Waals surface area contributed by atoms with E-state index in [1.54, 1.807) is 18.3 Å². The smallest absolute Gasteiger partial charge is 0.268 e. The lowest BCUT2D eigenvalue weighted by atomic mass is 9.87. The number of nitriles is 1. The summed E-state index contributed by atoms with van der Waals surface area (Å²) in [6.45, 7) is 6.56. The fourth-order valence-electron chi connectivity index (χ4n) is 3.90. The van der Waals surface area contributed by atoms with Crippen molar-refractivity contribution < 1.29 is 14.4 Å². The molecule has 0 saturated carbocycles. The molecule has 3 atom stereocenters. The molecule has 1 saturated heterocycles. The first-order chi connectivity index (χ1) is 15.2. The van der Waals surface area contributed by atoms with Crippen LogP contribution in [0, 0.1) is 22.7 Å². The van der Waals surface area contributed by atoms with Gasteiger partial charge < -0.3 is 20.9 Å². The Kier molecular flexibility index (Phi) is 7.13. The van der Waals surface area contributed by atoms with Gasteiger partial charge in [-0.1, -0.05) is 20.8 Å². The Balaban J connectivity index is 1.70. The summed E-state index contributed by atoms with van der Waals surface area (Å²) in [7, 11) is 0. The number of amides is 3. The quantitative estimate of drug-likeness (QED) is 0.524. The average Bonchev–Trinajstić information content (AvgIpc) is 3.17. The van der Waals surface area contributed by atoms with Crippen molar-refractivity contribution >= 4 is 28.8 Å². The summed E-state index contributed by atoms with van der Waals surface area (Å²) < 4.78 is 0. The molecule has 1 aliphatic rings. The minimum absolute atomic E-state index is 0.0855. The van der Waals surface area contributed by atoms with Gasteiger partial charge in [-0.05, 0) is 49.3 Å². The largest absolute Gasteiger partial charge is 0.356 e. The summed E-state index contributed by atoms with van der Waals surface area (Å²) in [6.07, 6.45) is 3.80. The van der Waals surface area contributed by atoms with Gasteiger partial charge in [0.15, 0.2) is 0 Å². The van der Waals surface area contributed by atoms with Gasteiger partial charge in [0.05, 0.1) is 6.07 Å². The minimum atomic E-state index is -0.835. The predicted octanol–water partition coefficient (Wildman–Crippen LogP) is 2.02. The first-order valence-electron chi connectivity index (χ1n) is 10.9. The Bertz CT molecular complexity index is 999. The van der Waals surface area contributed by atoms with Crippen LogP contribution in [0.1, 0.15) is 56.9 Å². The Labute approximate surface area is 187 Å². The number of aromatic amines is 1. The Morgan fingerprint density at radius 1 is 1.34 bits per heavy atom. The number of fused-ring (bicyclic) bond motifs is 1. The van der Waals surface area contributed by atoms with E-state index in [4.69, 9.17) is 0 Å². The fraction of sp³-hybridized carbons (Fsp3) is 0.522. The summed E-state index contributed by atoms with van der Waals surface area (Å²) in [5, 5.41) is 18.7. The van der Waals surface area contributed by atoms with Crippen LogP contribution < -0.4 is 16.0 Å². The van der Waals surface area contributed by atoms with E-state index < -0.39 is 23.9 Å². The molecule has 3 heterocycles. The molecule has 3 amide bonds. The number of H-pyrrole nitrogens is 1. The molecule has 32 heavy (non-hydrogen) atoms. The standard InChI is InChI=1S/C23H30N6O3/c1-23(2,3)12-18(29-21(31)17-11-14-6-4-8-25-19(14)28-17)22(32)27-16(13-24)10-15-7-5-9-26-20(15)30/h4,6,8,11,15-16,18H,5,7,9-10,12H2,1-3H3,(H,25,28)(H,26,30)(H,27,32)(H,29,31)/t15-,16-,18-/m0/s1. The van der Waals surface area contributed by atoms with E-state index in [-0.39, 0.29) is 23.7 Å². The molecule has 0 aromatic carbocycles. The first kappa shape index (κ1) is 23.3. The molecule has 0 bridgehead atoms. The van der Waals surface area contributed by atoms with Crippen molar-refractivity contribution in [3.05, 3.63) is 30.1 Å². The van der Waals surface area contributed by atoms with Gasteiger partial charge in [-0.25, -0.2) is 4.98 Å². The van der Waals surface area contributed by atoms with Crippen molar-refractivity contribution in [1.82, 2.24) is 25.9 Å². The molecule has 0 aliphatic carbocycles. The zero-order valence-electron chi connectivity index (χ0n) is 18.7. The number of nitrogens with zero attached hydrogens (tertiary/aromatic N) is 2. The first-order valence-corrected chi connectivity index (χ1v) is 10.9. The molecule has 2 aromatic heterocycles. The number of aromatic nitrogens is 2. The number of hydrogen-bond donors (Lipinski definition) is 4. The monoisotopic (exact) mass is 438 g/mol. The van der Waals surface area contributed by atoms with Crippen molar-refractivity contribution in [1.29, 1.82) is 5.26 Å². The van der Waals surface area contributed by atoms with Crippen LogP contribution in [0.3, 0.4) is 0 Å². The highest BCUT2D eigenvalue weighted by Crippen LogP contribution is 2.22. The highest BCUT2D eigenvalue weighted by atomic mass is 16.2. The number of carbonyl (C=O) groups excluding carboxylic acids is 3. The van der Waals surface area contributed by atoms with Crippen LogP contribution in [-0.4, -0.2) is 46.3 Å². The number of hydrogen-bond acceptors (Lipinski definition) is 5. The van der Waals surface area contributed by atoms with Crippen molar-refractivity contribution in [2.45, 2.75) is 58.5 Å². The topological polar surface area (TPSA) is 140 Å². The summed E-state index contributed by atoms with van der Waals surface area (Å²) >= 11 is 0. The van der Waals surface area contributed by atoms with Gasteiger partial charge in [0, 0.05) is 24.0 Å². The van der Waals surface area contributed by atoms with Crippen LogP contribution in [-0.2, 0) is 9.59 Å². The van der Waals surface area contributed by atoms with Crippen LogP contribution in [0.2, 0.25) is 0 Å². The van der Waals surface area contributed by atoms with E-state index in [2.05, 4.69) is 32.0 Å². The maximum absolute atomic E-state index is 13.1. The van der Waals surface area contributed by atoms with E-state index in [1.165, 1.54) is 0 Å². The van der Waals surface area contributed by atoms with E-state index in [9.17, 15) is 19.6 Å².